The van der Waals surface area contributed by atoms with Crippen LogP contribution in [0.15, 0.2) is 59.4 Å². The van der Waals surface area contributed by atoms with Crippen molar-refractivity contribution in [3.63, 3.8) is 0 Å². The van der Waals surface area contributed by atoms with Crippen LogP contribution in [0.5, 0.6) is 5.75 Å². The van der Waals surface area contributed by atoms with Crippen molar-refractivity contribution in [3.8, 4) is 16.9 Å². The van der Waals surface area contributed by atoms with Crippen LogP contribution in [0.4, 0.5) is 0 Å². The SMILES string of the molecule is Cc1cc(=O)c(-c2ccc(OCc3ccc(Cl)cc3)cc2)c(C)[nH]1. The van der Waals surface area contributed by atoms with E-state index in [1.807, 2.05) is 62.4 Å². The van der Waals surface area contributed by atoms with Crippen LogP contribution in [-0.2, 0) is 6.61 Å². The Morgan fingerprint density at radius 3 is 2.29 bits per heavy atom. The Bertz CT molecular complexity index is 896. The Kier molecular flexibility index (Phi) is 4.72. The number of benzene rings is 2. The summed E-state index contributed by atoms with van der Waals surface area (Å²) in [5.41, 5.74) is 4.39. The molecule has 0 radical (unpaired) electrons. The van der Waals surface area contributed by atoms with E-state index in [9.17, 15) is 4.79 Å². The van der Waals surface area contributed by atoms with Gasteiger partial charge in [0.2, 0.25) is 0 Å². The Balaban J connectivity index is 1.76. The van der Waals surface area contributed by atoms with Crippen molar-refractivity contribution in [1.29, 1.82) is 0 Å². The smallest absolute Gasteiger partial charge is 0.189 e. The van der Waals surface area contributed by atoms with E-state index in [1.165, 1.54) is 0 Å². The van der Waals surface area contributed by atoms with Crippen LogP contribution in [0.25, 0.3) is 11.1 Å². The Hall–Kier alpha value is -2.52. The van der Waals surface area contributed by atoms with Crippen molar-refractivity contribution < 1.29 is 4.74 Å². The zero-order chi connectivity index (χ0) is 17.1. The fraction of sp³-hybridized carbons (Fsp3) is 0.150. The quantitative estimate of drug-likeness (QED) is 0.735. The lowest BCUT2D eigenvalue weighted by atomic mass is 10.0. The number of halogens is 1. The third-order valence-corrected chi connectivity index (χ3v) is 4.07. The maximum absolute atomic E-state index is 12.2. The van der Waals surface area contributed by atoms with E-state index >= 15 is 0 Å². The van der Waals surface area contributed by atoms with Gasteiger partial charge in [-0.05, 0) is 49.2 Å². The molecule has 1 N–H and O–H groups in total. The number of hydrogen-bond acceptors (Lipinski definition) is 2. The summed E-state index contributed by atoms with van der Waals surface area (Å²) in [5.74, 6) is 0.759. The predicted octanol–water partition coefficient (Wildman–Crippen LogP) is 4.89. The maximum Gasteiger partial charge on any atom is 0.189 e. The molecule has 3 aromatic rings. The number of pyridine rings is 1. The standard InChI is InChI=1S/C20H18ClNO2/c1-13-11-19(23)20(14(2)22-13)16-5-9-18(10-6-16)24-12-15-3-7-17(21)8-4-15/h3-11H,12H2,1-2H3,(H,22,23). The minimum Gasteiger partial charge on any atom is -0.489 e. The number of ether oxygens (including phenoxy) is 1. The summed E-state index contributed by atoms with van der Waals surface area (Å²) in [6.07, 6.45) is 0. The second-order valence-electron chi connectivity index (χ2n) is 5.76. The lowest BCUT2D eigenvalue weighted by Crippen LogP contribution is -2.08. The van der Waals surface area contributed by atoms with Crippen LogP contribution in [0.2, 0.25) is 5.02 Å². The lowest BCUT2D eigenvalue weighted by Gasteiger charge is -2.09. The largest absolute Gasteiger partial charge is 0.489 e. The van der Waals surface area contributed by atoms with Crippen molar-refractivity contribution in [2.75, 3.05) is 0 Å². The van der Waals surface area contributed by atoms with E-state index in [0.717, 1.165) is 28.3 Å². The van der Waals surface area contributed by atoms with Gasteiger partial charge < -0.3 is 9.72 Å². The highest BCUT2D eigenvalue weighted by Gasteiger charge is 2.08. The summed E-state index contributed by atoms with van der Waals surface area (Å²) in [4.78, 5) is 15.4. The van der Waals surface area contributed by atoms with Gasteiger partial charge in [0.1, 0.15) is 12.4 Å². The van der Waals surface area contributed by atoms with Crippen molar-refractivity contribution >= 4 is 11.6 Å². The molecule has 1 heterocycles. The second kappa shape index (κ2) is 6.93. The van der Waals surface area contributed by atoms with Gasteiger partial charge in [0.15, 0.2) is 5.43 Å². The van der Waals surface area contributed by atoms with E-state index in [1.54, 1.807) is 6.07 Å². The Morgan fingerprint density at radius 2 is 1.67 bits per heavy atom. The summed E-state index contributed by atoms with van der Waals surface area (Å²) in [5, 5.41) is 0.710. The van der Waals surface area contributed by atoms with E-state index in [4.69, 9.17) is 16.3 Å². The van der Waals surface area contributed by atoms with Crippen molar-refractivity contribution in [2.45, 2.75) is 20.5 Å². The molecule has 24 heavy (non-hydrogen) atoms. The van der Waals surface area contributed by atoms with Gasteiger partial charge in [0.05, 0.1) is 0 Å². The van der Waals surface area contributed by atoms with Gasteiger partial charge in [-0.3, -0.25) is 4.79 Å². The monoisotopic (exact) mass is 339 g/mol. The number of aromatic nitrogens is 1. The topological polar surface area (TPSA) is 42.1 Å². The summed E-state index contributed by atoms with van der Waals surface area (Å²) in [7, 11) is 0. The number of nitrogens with one attached hydrogen (secondary N) is 1. The first-order chi connectivity index (χ1) is 11.5. The van der Waals surface area contributed by atoms with Crippen LogP contribution < -0.4 is 10.2 Å². The number of rotatable bonds is 4. The minimum atomic E-state index is 0.0265. The molecular weight excluding hydrogens is 322 g/mol. The Morgan fingerprint density at radius 1 is 1.00 bits per heavy atom. The fourth-order valence-electron chi connectivity index (χ4n) is 2.67. The average Bonchev–Trinajstić information content (AvgIpc) is 2.54. The van der Waals surface area contributed by atoms with Gasteiger partial charge in [-0.2, -0.15) is 0 Å². The van der Waals surface area contributed by atoms with Crippen molar-refractivity contribution in [2.24, 2.45) is 0 Å². The normalized spacial score (nSPS) is 10.6. The molecule has 0 saturated carbocycles. The van der Waals surface area contributed by atoms with Gasteiger partial charge in [0.25, 0.3) is 0 Å². The summed E-state index contributed by atoms with van der Waals surface area (Å²) in [6, 6.07) is 16.7. The number of H-pyrrole nitrogens is 1. The average molecular weight is 340 g/mol. The molecule has 3 nitrogen and oxygen atoms in total. The molecular formula is C20H18ClNO2. The first-order valence-electron chi connectivity index (χ1n) is 7.71. The fourth-order valence-corrected chi connectivity index (χ4v) is 2.80. The van der Waals surface area contributed by atoms with Gasteiger partial charge in [-0.15, -0.1) is 0 Å². The molecule has 0 aliphatic heterocycles. The highest BCUT2D eigenvalue weighted by Crippen LogP contribution is 2.22. The molecule has 0 saturated heterocycles. The molecule has 0 fully saturated rings. The minimum absolute atomic E-state index is 0.0265. The number of aromatic amines is 1. The van der Waals surface area contributed by atoms with Crippen LogP contribution in [0, 0.1) is 13.8 Å². The van der Waals surface area contributed by atoms with Gasteiger partial charge in [0, 0.05) is 28.0 Å². The van der Waals surface area contributed by atoms with Gasteiger partial charge in [-0.25, -0.2) is 0 Å². The van der Waals surface area contributed by atoms with Crippen LogP contribution in [0.1, 0.15) is 17.0 Å². The molecule has 0 amide bonds. The predicted molar refractivity (Wildman–Crippen MR) is 97.8 cm³/mol. The summed E-state index contributed by atoms with van der Waals surface area (Å²) in [6.45, 7) is 4.27. The first kappa shape index (κ1) is 16.3. The molecule has 4 heteroatoms. The molecule has 3 rings (SSSR count). The summed E-state index contributed by atoms with van der Waals surface area (Å²) >= 11 is 5.87. The first-order valence-corrected chi connectivity index (χ1v) is 8.09. The van der Waals surface area contributed by atoms with Gasteiger partial charge >= 0.3 is 0 Å². The zero-order valence-corrected chi connectivity index (χ0v) is 14.4. The zero-order valence-electron chi connectivity index (χ0n) is 13.6. The van der Waals surface area contributed by atoms with Gasteiger partial charge in [-0.1, -0.05) is 35.9 Å². The summed E-state index contributed by atoms with van der Waals surface area (Å²) < 4.78 is 5.77. The molecule has 0 atom stereocenters. The number of aryl methyl sites for hydroxylation is 2. The molecule has 0 unspecified atom stereocenters. The molecule has 2 aromatic carbocycles. The second-order valence-corrected chi connectivity index (χ2v) is 6.19. The van der Waals surface area contributed by atoms with Crippen LogP contribution in [0.3, 0.4) is 0 Å². The molecule has 0 spiro atoms. The van der Waals surface area contributed by atoms with E-state index in [-0.39, 0.29) is 5.43 Å². The van der Waals surface area contributed by atoms with Crippen molar-refractivity contribution in [1.82, 2.24) is 4.98 Å². The van der Waals surface area contributed by atoms with E-state index in [0.29, 0.717) is 17.2 Å². The third kappa shape index (κ3) is 3.69. The number of hydrogen-bond donors (Lipinski definition) is 1. The van der Waals surface area contributed by atoms with Crippen molar-refractivity contribution in [3.05, 3.63) is 86.8 Å². The lowest BCUT2D eigenvalue weighted by molar-refractivity contribution is 0.306. The highest BCUT2D eigenvalue weighted by atomic mass is 35.5. The molecule has 0 bridgehead atoms. The molecule has 1 aromatic heterocycles. The van der Waals surface area contributed by atoms with E-state index in [2.05, 4.69) is 4.98 Å². The van der Waals surface area contributed by atoms with Crippen LogP contribution >= 0.6 is 11.6 Å². The van der Waals surface area contributed by atoms with Crippen LogP contribution in [-0.4, -0.2) is 4.98 Å². The highest BCUT2D eigenvalue weighted by molar-refractivity contribution is 6.30. The maximum atomic E-state index is 12.2. The molecule has 0 aliphatic rings. The molecule has 0 aliphatic carbocycles. The third-order valence-electron chi connectivity index (χ3n) is 3.82. The van der Waals surface area contributed by atoms with E-state index < -0.39 is 0 Å². The Labute approximate surface area is 145 Å². The molecule has 122 valence electrons.